The van der Waals surface area contributed by atoms with Crippen LogP contribution in [0, 0.1) is 27.7 Å². The van der Waals surface area contributed by atoms with Gasteiger partial charge < -0.3 is 4.57 Å². The zero-order valence-electron chi connectivity index (χ0n) is 23.0. The summed E-state index contributed by atoms with van der Waals surface area (Å²) in [6.07, 6.45) is 2.41. The Kier molecular flexibility index (Phi) is 8.35. The summed E-state index contributed by atoms with van der Waals surface area (Å²) in [6, 6.07) is 23.6. The Labute approximate surface area is 230 Å². The van der Waals surface area contributed by atoms with E-state index in [1.807, 2.05) is 39.0 Å². The Bertz CT molecular complexity index is 1610. The van der Waals surface area contributed by atoms with Crippen molar-refractivity contribution in [2.45, 2.75) is 45.9 Å². The summed E-state index contributed by atoms with van der Waals surface area (Å²) >= 11 is 0. The molecule has 0 aliphatic rings. The molecule has 1 aromatic heterocycles. The van der Waals surface area contributed by atoms with Gasteiger partial charge in [0.05, 0.1) is 16.8 Å². The van der Waals surface area contributed by atoms with Crippen LogP contribution in [0.15, 0.2) is 88.9 Å². The maximum absolute atomic E-state index is 13.5. The van der Waals surface area contributed by atoms with E-state index in [2.05, 4.69) is 47.1 Å². The third-order valence-corrected chi connectivity index (χ3v) is 8.50. The maximum Gasteiger partial charge on any atom is 0.264 e. The highest BCUT2D eigenvalue weighted by Crippen LogP contribution is 2.25. The number of amides is 1. The van der Waals surface area contributed by atoms with Gasteiger partial charge in [-0.1, -0.05) is 55.0 Å². The second kappa shape index (κ2) is 11.7. The summed E-state index contributed by atoms with van der Waals surface area (Å²) in [5.74, 6) is -0.548. The number of hydrogen-bond donors (Lipinski definition) is 1. The number of carbonyl (C=O) groups excluding carboxylic acids is 1. The lowest BCUT2D eigenvalue weighted by Gasteiger charge is -2.24. The van der Waals surface area contributed by atoms with E-state index in [1.165, 1.54) is 23.3 Å². The van der Waals surface area contributed by atoms with Crippen LogP contribution in [0.1, 0.15) is 40.6 Å². The minimum Gasteiger partial charge on any atom is -0.318 e. The van der Waals surface area contributed by atoms with E-state index in [1.54, 1.807) is 36.5 Å². The van der Waals surface area contributed by atoms with E-state index in [0.717, 1.165) is 38.9 Å². The van der Waals surface area contributed by atoms with Gasteiger partial charge in [-0.15, -0.1) is 0 Å². The molecule has 0 aliphatic carbocycles. The van der Waals surface area contributed by atoms with Crippen LogP contribution in [0.3, 0.4) is 0 Å². The van der Waals surface area contributed by atoms with E-state index in [9.17, 15) is 13.2 Å². The Hall–Kier alpha value is -4.17. The number of aryl methyl sites for hydroxylation is 4. The van der Waals surface area contributed by atoms with Gasteiger partial charge in [-0.25, -0.2) is 13.8 Å². The molecule has 0 saturated carbocycles. The van der Waals surface area contributed by atoms with Gasteiger partial charge in [0.25, 0.3) is 15.9 Å². The van der Waals surface area contributed by atoms with Crippen LogP contribution in [0.25, 0.3) is 5.69 Å². The standard InChI is InChI=1S/C31H34N4O3S/c1-6-26-13-15-28(16-14-26)34(39(37,38)29-10-8-7-9-11-29)21-31(36)33-32-20-27-19-24(4)35(25(27)5)30-17-12-22(2)18-23(30)3/h7-20H,6,21H2,1-5H3,(H,33,36)/b32-20-. The van der Waals surface area contributed by atoms with E-state index in [0.29, 0.717) is 5.69 Å². The third-order valence-electron chi connectivity index (χ3n) is 6.71. The molecule has 39 heavy (non-hydrogen) atoms. The number of carbonyl (C=O) groups is 1. The van der Waals surface area contributed by atoms with Crippen LogP contribution in [0.4, 0.5) is 5.69 Å². The van der Waals surface area contributed by atoms with Gasteiger partial charge >= 0.3 is 0 Å². The lowest BCUT2D eigenvalue weighted by atomic mass is 10.1. The molecule has 4 aromatic rings. The molecule has 0 radical (unpaired) electrons. The molecule has 1 N–H and O–H groups in total. The smallest absolute Gasteiger partial charge is 0.264 e. The van der Waals surface area contributed by atoms with Gasteiger partial charge in [-0.3, -0.25) is 9.10 Å². The largest absolute Gasteiger partial charge is 0.318 e. The molecular formula is C31H34N4O3S. The molecule has 7 nitrogen and oxygen atoms in total. The minimum absolute atomic E-state index is 0.111. The number of anilines is 1. The molecule has 0 spiro atoms. The average molecular weight is 543 g/mol. The van der Waals surface area contributed by atoms with Gasteiger partial charge in [0.2, 0.25) is 0 Å². The molecule has 4 rings (SSSR count). The second-order valence-electron chi connectivity index (χ2n) is 9.59. The monoisotopic (exact) mass is 542 g/mol. The summed E-state index contributed by atoms with van der Waals surface area (Å²) in [4.78, 5) is 13.0. The second-order valence-corrected chi connectivity index (χ2v) is 11.5. The molecule has 1 amide bonds. The molecule has 0 unspecified atom stereocenters. The van der Waals surface area contributed by atoms with Crippen LogP contribution in [0.5, 0.6) is 0 Å². The van der Waals surface area contributed by atoms with Crippen molar-refractivity contribution in [3.63, 3.8) is 0 Å². The zero-order valence-corrected chi connectivity index (χ0v) is 23.8. The summed E-state index contributed by atoms with van der Waals surface area (Å²) in [5.41, 5.74) is 10.3. The maximum atomic E-state index is 13.5. The van der Waals surface area contributed by atoms with Crippen LogP contribution in [-0.2, 0) is 21.2 Å². The normalized spacial score (nSPS) is 11.6. The van der Waals surface area contributed by atoms with Crippen molar-refractivity contribution in [2.75, 3.05) is 10.8 Å². The van der Waals surface area contributed by atoms with Gasteiger partial charge in [0.15, 0.2) is 0 Å². The molecule has 0 atom stereocenters. The predicted molar refractivity (Wildman–Crippen MR) is 157 cm³/mol. The van der Waals surface area contributed by atoms with Crippen LogP contribution in [0.2, 0.25) is 0 Å². The number of aromatic nitrogens is 1. The zero-order chi connectivity index (χ0) is 28.2. The first-order valence-electron chi connectivity index (χ1n) is 12.9. The number of rotatable bonds is 9. The van der Waals surface area contributed by atoms with Crippen molar-refractivity contribution in [1.82, 2.24) is 9.99 Å². The number of nitrogens with zero attached hydrogens (tertiary/aromatic N) is 3. The molecule has 1 heterocycles. The van der Waals surface area contributed by atoms with E-state index < -0.39 is 22.5 Å². The minimum atomic E-state index is -3.98. The average Bonchev–Trinajstić information content (AvgIpc) is 3.20. The van der Waals surface area contributed by atoms with E-state index in [4.69, 9.17) is 0 Å². The van der Waals surface area contributed by atoms with Gasteiger partial charge in [0.1, 0.15) is 6.54 Å². The molecule has 0 saturated heterocycles. The van der Waals surface area contributed by atoms with Gasteiger partial charge in [0, 0.05) is 22.6 Å². The van der Waals surface area contributed by atoms with Crippen molar-refractivity contribution in [2.24, 2.45) is 5.10 Å². The summed E-state index contributed by atoms with van der Waals surface area (Å²) in [6.45, 7) is 9.79. The SMILES string of the molecule is CCc1ccc(N(CC(=O)N/N=C\c2cc(C)n(-c3ccc(C)cc3C)c2C)S(=O)(=O)c2ccccc2)cc1. The predicted octanol–water partition coefficient (Wildman–Crippen LogP) is 5.62. The Morgan fingerprint density at radius 1 is 0.949 bits per heavy atom. The van der Waals surface area contributed by atoms with Crippen LogP contribution in [-0.4, -0.2) is 31.7 Å². The van der Waals surface area contributed by atoms with Crippen molar-refractivity contribution in [3.05, 3.63) is 113 Å². The fraction of sp³-hybridized carbons (Fsp3) is 0.226. The fourth-order valence-electron chi connectivity index (χ4n) is 4.62. The van der Waals surface area contributed by atoms with E-state index >= 15 is 0 Å². The molecular weight excluding hydrogens is 508 g/mol. The summed E-state index contributed by atoms with van der Waals surface area (Å²) in [5, 5.41) is 4.16. The number of nitrogens with one attached hydrogen (secondary N) is 1. The number of sulfonamides is 1. The first-order chi connectivity index (χ1) is 18.6. The molecule has 0 fully saturated rings. The number of hydrazone groups is 1. The van der Waals surface area contributed by atoms with Crippen LogP contribution >= 0.6 is 0 Å². The molecule has 202 valence electrons. The van der Waals surface area contributed by atoms with Gasteiger partial charge in [-0.05, 0) is 81.6 Å². The third kappa shape index (κ3) is 6.12. The summed E-state index contributed by atoms with van der Waals surface area (Å²) < 4.78 is 30.3. The highest BCUT2D eigenvalue weighted by atomic mass is 32.2. The topological polar surface area (TPSA) is 83.8 Å². The quantitative estimate of drug-likeness (QED) is 0.220. The molecule has 0 bridgehead atoms. The molecule has 0 aliphatic heterocycles. The molecule has 3 aromatic carbocycles. The first kappa shape index (κ1) is 27.9. The van der Waals surface area contributed by atoms with Gasteiger partial charge in [-0.2, -0.15) is 5.10 Å². The fourth-order valence-corrected chi connectivity index (χ4v) is 6.06. The lowest BCUT2D eigenvalue weighted by Crippen LogP contribution is -2.39. The number of hydrogen-bond acceptors (Lipinski definition) is 4. The Balaban J connectivity index is 1.55. The highest BCUT2D eigenvalue weighted by Gasteiger charge is 2.27. The first-order valence-corrected chi connectivity index (χ1v) is 14.3. The summed E-state index contributed by atoms with van der Waals surface area (Å²) in [7, 11) is -3.98. The van der Waals surface area contributed by atoms with Crippen LogP contribution < -0.4 is 9.73 Å². The highest BCUT2D eigenvalue weighted by molar-refractivity contribution is 7.92. The van der Waals surface area contributed by atoms with Crippen molar-refractivity contribution < 1.29 is 13.2 Å². The van der Waals surface area contributed by atoms with Crippen molar-refractivity contribution in [1.29, 1.82) is 0 Å². The molecule has 8 heteroatoms. The van der Waals surface area contributed by atoms with Crippen molar-refractivity contribution in [3.8, 4) is 5.69 Å². The number of benzene rings is 3. The lowest BCUT2D eigenvalue weighted by molar-refractivity contribution is -0.119. The Morgan fingerprint density at radius 2 is 1.64 bits per heavy atom. The van der Waals surface area contributed by atoms with Crippen molar-refractivity contribution >= 4 is 27.8 Å². The van der Waals surface area contributed by atoms with E-state index in [-0.39, 0.29) is 4.90 Å². The Morgan fingerprint density at radius 3 is 2.28 bits per heavy atom.